The number of aromatic nitrogens is 1. The van der Waals surface area contributed by atoms with E-state index >= 15 is 0 Å². The van der Waals surface area contributed by atoms with Crippen molar-refractivity contribution in [3.05, 3.63) is 79.8 Å². The van der Waals surface area contributed by atoms with E-state index in [-0.39, 0.29) is 16.7 Å². The Morgan fingerprint density at radius 2 is 1.96 bits per heavy atom. The minimum atomic E-state index is -0.313. The van der Waals surface area contributed by atoms with Crippen molar-refractivity contribution < 1.29 is 14.6 Å². The lowest BCUT2D eigenvalue weighted by atomic mass is 10.1. The summed E-state index contributed by atoms with van der Waals surface area (Å²) in [6.45, 7) is 0.410. The average Bonchev–Trinajstić information content (AvgIpc) is 2.97. The van der Waals surface area contributed by atoms with Gasteiger partial charge in [-0.2, -0.15) is 0 Å². The van der Waals surface area contributed by atoms with Gasteiger partial charge < -0.3 is 15.2 Å². The van der Waals surface area contributed by atoms with Crippen LogP contribution < -0.4 is 14.9 Å². The van der Waals surface area contributed by atoms with Crippen molar-refractivity contribution in [2.45, 2.75) is 13.0 Å². The van der Waals surface area contributed by atoms with E-state index in [1.54, 1.807) is 18.2 Å². The Kier molecular flexibility index (Phi) is 5.38. The van der Waals surface area contributed by atoms with E-state index in [1.165, 1.54) is 7.11 Å². The number of nitrogens with one attached hydrogen (secondary N) is 2. The predicted molar refractivity (Wildman–Crippen MR) is 100 cm³/mol. The molecule has 0 fully saturated rings. The highest BCUT2D eigenvalue weighted by molar-refractivity contribution is 7.09. The molecule has 1 amide bonds. The van der Waals surface area contributed by atoms with E-state index in [2.05, 4.69) is 10.3 Å². The van der Waals surface area contributed by atoms with Gasteiger partial charge in [0, 0.05) is 13.0 Å². The maximum absolute atomic E-state index is 12.6. The van der Waals surface area contributed by atoms with Crippen LogP contribution in [0.2, 0.25) is 0 Å². The Morgan fingerprint density at radius 3 is 2.62 bits per heavy atom. The first-order valence-corrected chi connectivity index (χ1v) is 8.78. The highest BCUT2D eigenvalue weighted by Crippen LogP contribution is 2.25. The van der Waals surface area contributed by atoms with Crippen LogP contribution in [-0.4, -0.2) is 23.1 Å². The quantitative estimate of drug-likeness (QED) is 0.622. The summed E-state index contributed by atoms with van der Waals surface area (Å²) < 4.78 is 5.29. The third-order valence-electron chi connectivity index (χ3n) is 3.87. The van der Waals surface area contributed by atoms with Gasteiger partial charge in [0.25, 0.3) is 5.91 Å². The molecule has 7 heteroatoms. The molecule has 26 heavy (non-hydrogen) atoms. The van der Waals surface area contributed by atoms with Crippen molar-refractivity contribution in [3.8, 4) is 11.6 Å². The summed E-state index contributed by atoms with van der Waals surface area (Å²) in [7, 11) is 1.51. The van der Waals surface area contributed by atoms with Crippen LogP contribution in [0.3, 0.4) is 0 Å². The summed E-state index contributed by atoms with van der Waals surface area (Å²) in [5.41, 5.74) is 2.20. The van der Waals surface area contributed by atoms with Crippen LogP contribution in [0.25, 0.3) is 0 Å². The zero-order chi connectivity index (χ0) is 18.5. The van der Waals surface area contributed by atoms with E-state index in [4.69, 9.17) is 4.74 Å². The number of hydrogen-bond donors (Lipinski definition) is 3. The molecule has 3 N–H and O–H groups in total. The highest BCUT2D eigenvalue weighted by atomic mass is 32.1. The number of benzene rings is 2. The SMILES string of the molecule is COc1ccc(Cc2sc(=O)[nH]c2O)cc1C(=O)NCc1ccccc1. The number of aromatic hydroxyl groups is 1. The van der Waals surface area contributed by atoms with Gasteiger partial charge in [-0.3, -0.25) is 14.6 Å². The Bertz CT molecular complexity index is 963. The molecule has 0 saturated heterocycles. The molecular formula is C19H18N2O4S. The molecule has 3 aromatic rings. The van der Waals surface area contributed by atoms with Crippen molar-refractivity contribution in [2.24, 2.45) is 0 Å². The smallest absolute Gasteiger partial charge is 0.307 e. The maximum atomic E-state index is 12.6. The summed E-state index contributed by atoms with van der Waals surface area (Å²) >= 11 is 0.948. The largest absolute Gasteiger partial charge is 0.496 e. The molecule has 0 saturated carbocycles. The molecule has 2 aromatic carbocycles. The highest BCUT2D eigenvalue weighted by Gasteiger charge is 2.15. The Morgan fingerprint density at radius 1 is 1.19 bits per heavy atom. The van der Waals surface area contributed by atoms with Crippen molar-refractivity contribution in [1.82, 2.24) is 10.3 Å². The van der Waals surface area contributed by atoms with Gasteiger partial charge in [-0.05, 0) is 23.3 Å². The molecule has 0 radical (unpaired) electrons. The van der Waals surface area contributed by atoms with Gasteiger partial charge in [0.2, 0.25) is 5.88 Å². The minimum Gasteiger partial charge on any atom is -0.496 e. The molecule has 0 spiro atoms. The van der Waals surface area contributed by atoms with E-state index < -0.39 is 0 Å². The maximum Gasteiger partial charge on any atom is 0.307 e. The van der Waals surface area contributed by atoms with Gasteiger partial charge in [-0.1, -0.05) is 47.7 Å². The molecule has 0 aliphatic carbocycles. The van der Waals surface area contributed by atoms with Gasteiger partial charge in [-0.15, -0.1) is 0 Å². The molecule has 3 rings (SSSR count). The number of ether oxygens (including phenoxy) is 1. The van der Waals surface area contributed by atoms with Gasteiger partial charge in [-0.25, -0.2) is 0 Å². The van der Waals surface area contributed by atoms with Crippen LogP contribution in [0, 0.1) is 0 Å². The predicted octanol–water partition coefficient (Wildman–Crippen LogP) is 2.67. The lowest BCUT2D eigenvalue weighted by Gasteiger charge is -2.11. The number of H-pyrrole nitrogens is 1. The van der Waals surface area contributed by atoms with Crippen LogP contribution >= 0.6 is 11.3 Å². The van der Waals surface area contributed by atoms with Gasteiger partial charge >= 0.3 is 4.87 Å². The first kappa shape index (κ1) is 17.8. The summed E-state index contributed by atoms with van der Waals surface area (Å²) in [4.78, 5) is 26.4. The number of carbonyl (C=O) groups is 1. The normalized spacial score (nSPS) is 10.5. The second kappa shape index (κ2) is 7.88. The van der Waals surface area contributed by atoms with Crippen LogP contribution in [0.1, 0.15) is 26.4 Å². The Hall–Kier alpha value is -3.06. The van der Waals surface area contributed by atoms with Crippen molar-refractivity contribution in [1.29, 1.82) is 0 Å². The second-order valence-electron chi connectivity index (χ2n) is 5.67. The molecule has 6 nitrogen and oxygen atoms in total. The standard InChI is InChI=1S/C19H18N2O4S/c1-25-15-8-7-13(10-16-18(23)21-19(24)26-16)9-14(15)17(22)20-11-12-5-3-2-4-6-12/h2-9,23H,10-11H2,1H3,(H,20,22)(H,21,24). The molecule has 0 unspecified atom stereocenters. The fourth-order valence-corrected chi connectivity index (χ4v) is 3.33. The van der Waals surface area contributed by atoms with Crippen LogP contribution in [-0.2, 0) is 13.0 Å². The first-order chi connectivity index (χ1) is 12.6. The zero-order valence-electron chi connectivity index (χ0n) is 14.1. The summed E-state index contributed by atoms with van der Waals surface area (Å²) in [6.07, 6.45) is 0.345. The van der Waals surface area contributed by atoms with Crippen LogP contribution in [0.5, 0.6) is 11.6 Å². The van der Waals surface area contributed by atoms with Crippen molar-refractivity contribution in [3.63, 3.8) is 0 Å². The average molecular weight is 370 g/mol. The molecule has 0 aliphatic heterocycles. The first-order valence-electron chi connectivity index (χ1n) is 7.97. The molecular weight excluding hydrogens is 352 g/mol. The fraction of sp³-hybridized carbons (Fsp3) is 0.158. The Balaban J connectivity index is 1.79. The topological polar surface area (TPSA) is 91.4 Å². The summed E-state index contributed by atoms with van der Waals surface area (Å²) in [5.74, 6) is 0.0794. The van der Waals surface area contributed by atoms with Crippen LogP contribution in [0.15, 0.2) is 53.3 Å². The Labute approximate surface area is 154 Å². The number of thiazole rings is 1. The minimum absolute atomic E-state index is 0.133. The van der Waals surface area contributed by atoms with Crippen molar-refractivity contribution >= 4 is 17.2 Å². The number of rotatable bonds is 6. The van der Waals surface area contributed by atoms with E-state index in [0.29, 0.717) is 29.2 Å². The van der Waals surface area contributed by atoms with Gasteiger partial charge in [0.05, 0.1) is 17.6 Å². The molecule has 0 bridgehead atoms. The number of hydrogen-bond acceptors (Lipinski definition) is 5. The van der Waals surface area contributed by atoms with Gasteiger partial charge in [0.1, 0.15) is 5.75 Å². The van der Waals surface area contributed by atoms with Crippen LogP contribution in [0.4, 0.5) is 0 Å². The monoisotopic (exact) mass is 370 g/mol. The third-order valence-corrected chi connectivity index (χ3v) is 4.74. The van der Waals surface area contributed by atoms with Crippen molar-refractivity contribution in [2.75, 3.05) is 7.11 Å². The number of amides is 1. The van der Waals surface area contributed by atoms with E-state index in [1.807, 2.05) is 30.3 Å². The zero-order valence-corrected chi connectivity index (χ0v) is 14.9. The van der Waals surface area contributed by atoms with E-state index in [9.17, 15) is 14.7 Å². The molecule has 1 aromatic heterocycles. The second-order valence-corrected chi connectivity index (χ2v) is 6.73. The molecule has 134 valence electrons. The molecule has 0 atom stereocenters. The molecule has 1 heterocycles. The third kappa shape index (κ3) is 4.12. The number of aromatic amines is 1. The number of carbonyl (C=O) groups excluding carboxylic acids is 1. The number of methoxy groups -OCH3 is 1. The van der Waals surface area contributed by atoms with E-state index in [0.717, 1.165) is 22.5 Å². The fourth-order valence-electron chi connectivity index (χ4n) is 2.57. The lowest BCUT2D eigenvalue weighted by Crippen LogP contribution is -2.23. The lowest BCUT2D eigenvalue weighted by molar-refractivity contribution is 0.0947. The summed E-state index contributed by atoms with van der Waals surface area (Å²) in [6, 6.07) is 14.8. The molecule has 0 aliphatic rings. The van der Waals surface area contributed by atoms with Gasteiger partial charge in [0.15, 0.2) is 0 Å². The summed E-state index contributed by atoms with van der Waals surface area (Å²) in [5, 5.41) is 12.6.